The van der Waals surface area contributed by atoms with Crippen molar-refractivity contribution >= 4 is 5.91 Å². The first kappa shape index (κ1) is 8.18. The smallest absolute Gasteiger partial charge is 0.288 e. The molecule has 2 rings (SSSR count). The second-order valence-electron chi connectivity index (χ2n) is 2.87. The Balaban J connectivity index is 1.91. The minimum Gasteiger partial charge on any atom is -0.379 e. The average Bonchev–Trinajstić information content (AvgIpc) is 2.74. The number of ether oxygens (including phenoxy) is 1. The quantitative estimate of drug-likeness (QED) is 0.635. The Labute approximate surface area is 74.7 Å². The van der Waals surface area contributed by atoms with Crippen molar-refractivity contribution in [1.29, 1.82) is 0 Å². The van der Waals surface area contributed by atoms with Crippen LogP contribution in [0.25, 0.3) is 0 Å². The molecule has 0 radical (unpaired) electrons. The first-order valence-corrected chi connectivity index (χ1v) is 4.10. The van der Waals surface area contributed by atoms with E-state index in [0.29, 0.717) is 13.2 Å². The highest BCUT2D eigenvalue weighted by atomic mass is 16.5. The van der Waals surface area contributed by atoms with Gasteiger partial charge in [-0.3, -0.25) is 9.89 Å². The first-order chi connectivity index (χ1) is 6.36. The van der Waals surface area contributed by atoms with Crippen LogP contribution in [0.2, 0.25) is 0 Å². The van der Waals surface area contributed by atoms with Gasteiger partial charge in [-0.05, 0) is 6.42 Å². The number of aromatic nitrogens is 3. The molecule has 13 heavy (non-hydrogen) atoms. The molecule has 6 heteroatoms. The third-order valence-corrected chi connectivity index (χ3v) is 1.90. The van der Waals surface area contributed by atoms with Crippen LogP contribution >= 0.6 is 0 Å². The molecule has 1 aliphatic rings. The van der Waals surface area contributed by atoms with Crippen LogP contribution in [-0.4, -0.2) is 40.3 Å². The maximum Gasteiger partial charge on any atom is 0.288 e. The minimum atomic E-state index is -0.229. The van der Waals surface area contributed by atoms with E-state index >= 15 is 0 Å². The summed E-state index contributed by atoms with van der Waals surface area (Å²) >= 11 is 0. The zero-order chi connectivity index (χ0) is 9.10. The molecule has 0 bridgehead atoms. The lowest BCUT2D eigenvalue weighted by molar-refractivity contribution is 0.0920. The molecule has 0 spiro atoms. The highest BCUT2D eigenvalue weighted by molar-refractivity contribution is 5.90. The molecule has 1 aliphatic heterocycles. The average molecular weight is 182 g/mol. The number of rotatable bonds is 2. The van der Waals surface area contributed by atoms with Crippen molar-refractivity contribution in [1.82, 2.24) is 20.5 Å². The molecule has 1 aromatic heterocycles. The minimum absolute atomic E-state index is 0.109. The number of H-pyrrole nitrogens is 1. The predicted molar refractivity (Wildman–Crippen MR) is 43.1 cm³/mol. The van der Waals surface area contributed by atoms with Gasteiger partial charge in [0.25, 0.3) is 5.91 Å². The van der Waals surface area contributed by atoms with E-state index in [4.69, 9.17) is 4.74 Å². The summed E-state index contributed by atoms with van der Waals surface area (Å²) in [5.74, 6) is 0.0138. The van der Waals surface area contributed by atoms with E-state index in [1.165, 1.54) is 6.33 Å². The Bertz CT molecular complexity index is 279. The van der Waals surface area contributed by atoms with Crippen LogP contribution in [-0.2, 0) is 4.74 Å². The van der Waals surface area contributed by atoms with Gasteiger partial charge in [-0.1, -0.05) is 0 Å². The van der Waals surface area contributed by atoms with E-state index < -0.39 is 0 Å². The van der Waals surface area contributed by atoms with Gasteiger partial charge in [-0.2, -0.15) is 5.10 Å². The summed E-state index contributed by atoms with van der Waals surface area (Å²) in [6, 6.07) is 0.109. The molecule has 2 heterocycles. The summed E-state index contributed by atoms with van der Waals surface area (Å²) in [6.07, 6.45) is 2.17. The molecule has 0 saturated carbocycles. The molecular formula is C7H10N4O2. The molecule has 70 valence electrons. The van der Waals surface area contributed by atoms with E-state index in [0.717, 1.165) is 6.42 Å². The number of aromatic amines is 1. The maximum atomic E-state index is 11.4. The van der Waals surface area contributed by atoms with Crippen LogP contribution in [0.4, 0.5) is 0 Å². The molecule has 1 aromatic rings. The largest absolute Gasteiger partial charge is 0.379 e. The third-order valence-electron chi connectivity index (χ3n) is 1.90. The predicted octanol–water partition coefficient (Wildman–Crippen LogP) is -0.677. The second kappa shape index (κ2) is 3.53. The summed E-state index contributed by atoms with van der Waals surface area (Å²) < 4.78 is 5.11. The lowest BCUT2D eigenvalue weighted by atomic mass is 10.2. The number of nitrogens with one attached hydrogen (secondary N) is 2. The van der Waals surface area contributed by atoms with E-state index in [-0.39, 0.29) is 17.8 Å². The highest BCUT2D eigenvalue weighted by Crippen LogP contribution is 2.03. The number of hydrogen-bond acceptors (Lipinski definition) is 4. The van der Waals surface area contributed by atoms with Crippen LogP contribution < -0.4 is 5.32 Å². The molecule has 1 atom stereocenters. The third kappa shape index (κ3) is 1.83. The number of carbonyl (C=O) groups excluding carboxylic acids is 1. The van der Waals surface area contributed by atoms with Gasteiger partial charge in [0.2, 0.25) is 5.82 Å². The van der Waals surface area contributed by atoms with Gasteiger partial charge in [0.05, 0.1) is 12.6 Å². The summed E-state index contributed by atoms with van der Waals surface area (Å²) in [5.41, 5.74) is 0. The van der Waals surface area contributed by atoms with Gasteiger partial charge in [0, 0.05) is 6.61 Å². The molecule has 0 aromatic carbocycles. The SMILES string of the molecule is O=C(N[C@H]1CCOC1)c1ncn[nH]1. The van der Waals surface area contributed by atoms with Gasteiger partial charge in [-0.25, -0.2) is 4.98 Å². The molecular weight excluding hydrogens is 172 g/mol. The summed E-state index contributed by atoms with van der Waals surface area (Å²) in [6.45, 7) is 1.29. The maximum absolute atomic E-state index is 11.4. The molecule has 1 saturated heterocycles. The Morgan fingerprint density at radius 2 is 2.69 bits per heavy atom. The lowest BCUT2D eigenvalue weighted by Crippen LogP contribution is -2.35. The fraction of sp³-hybridized carbons (Fsp3) is 0.571. The molecule has 6 nitrogen and oxygen atoms in total. The first-order valence-electron chi connectivity index (χ1n) is 4.10. The Kier molecular flexibility index (Phi) is 2.22. The van der Waals surface area contributed by atoms with Crippen molar-refractivity contribution in [2.75, 3.05) is 13.2 Å². The van der Waals surface area contributed by atoms with Crippen molar-refractivity contribution in [2.45, 2.75) is 12.5 Å². The van der Waals surface area contributed by atoms with E-state index in [1.807, 2.05) is 0 Å². The lowest BCUT2D eigenvalue weighted by Gasteiger charge is -2.07. The standard InChI is InChI=1S/C7H10N4O2/c12-7(6-8-4-9-11-6)10-5-1-2-13-3-5/h4-5H,1-3H2,(H,10,12)(H,8,9,11)/t5-/m0/s1. The highest BCUT2D eigenvalue weighted by Gasteiger charge is 2.19. The van der Waals surface area contributed by atoms with Crippen LogP contribution in [0.15, 0.2) is 6.33 Å². The van der Waals surface area contributed by atoms with Crippen molar-refractivity contribution in [3.63, 3.8) is 0 Å². The zero-order valence-corrected chi connectivity index (χ0v) is 6.99. The van der Waals surface area contributed by atoms with Gasteiger partial charge in [0.1, 0.15) is 6.33 Å². The van der Waals surface area contributed by atoms with E-state index in [9.17, 15) is 4.79 Å². The molecule has 2 N–H and O–H groups in total. The Morgan fingerprint density at radius 1 is 1.77 bits per heavy atom. The molecule has 1 amide bonds. The zero-order valence-electron chi connectivity index (χ0n) is 6.99. The number of amides is 1. The fourth-order valence-electron chi connectivity index (χ4n) is 1.22. The monoisotopic (exact) mass is 182 g/mol. The van der Waals surface area contributed by atoms with Crippen molar-refractivity contribution in [3.05, 3.63) is 12.2 Å². The number of carbonyl (C=O) groups is 1. The molecule has 0 unspecified atom stereocenters. The molecule has 0 aliphatic carbocycles. The van der Waals surface area contributed by atoms with E-state index in [1.54, 1.807) is 0 Å². The van der Waals surface area contributed by atoms with Crippen molar-refractivity contribution < 1.29 is 9.53 Å². The summed E-state index contributed by atoms with van der Waals surface area (Å²) in [5, 5.41) is 8.87. The van der Waals surface area contributed by atoms with Gasteiger partial charge >= 0.3 is 0 Å². The van der Waals surface area contributed by atoms with Crippen molar-refractivity contribution in [3.8, 4) is 0 Å². The van der Waals surface area contributed by atoms with Crippen LogP contribution in [0.1, 0.15) is 17.0 Å². The van der Waals surface area contributed by atoms with E-state index in [2.05, 4.69) is 20.5 Å². The topological polar surface area (TPSA) is 79.9 Å². The van der Waals surface area contributed by atoms with Crippen LogP contribution in [0.5, 0.6) is 0 Å². The van der Waals surface area contributed by atoms with Gasteiger partial charge < -0.3 is 10.1 Å². The Hall–Kier alpha value is -1.43. The summed E-state index contributed by atoms with van der Waals surface area (Å²) in [7, 11) is 0. The fourth-order valence-corrected chi connectivity index (χ4v) is 1.22. The number of hydrogen-bond donors (Lipinski definition) is 2. The van der Waals surface area contributed by atoms with Gasteiger partial charge in [0.15, 0.2) is 0 Å². The summed E-state index contributed by atoms with van der Waals surface area (Å²) in [4.78, 5) is 15.1. The second-order valence-corrected chi connectivity index (χ2v) is 2.87. The van der Waals surface area contributed by atoms with Crippen LogP contribution in [0, 0.1) is 0 Å². The number of nitrogens with zero attached hydrogens (tertiary/aromatic N) is 2. The van der Waals surface area contributed by atoms with Crippen molar-refractivity contribution in [2.24, 2.45) is 0 Å². The normalized spacial score (nSPS) is 21.7. The Morgan fingerprint density at radius 3 is 3.31 bits per heavy atom. The van der Waals surface area contributed by atoms with Gasteiger partial charge in [-0.15, -0.1) is 0 Å². The van der Waals surface area contributed by atoms with Crippen LogP contribution in [0.3, 0.4) is 0 Å². The molecule has 1 fully saturated rings.